The Hall–Kier alpha value is -2.78. The van der Waals surface area contributed by atoms with Crippen molar-refractivity contribution in [2.45, 2.75) is 19.9 Å². The maximum Gasteiger partial charge on any atom is 0.229 e. The molecule has 0 amide bonds. The summed E-state index contributed by atoms with van der Waals surface area (Å²) in [6.45, 7) is 4.16. The Bertz CT molecular complexity index is 1070. The van der Waals surface area contributed by atoms with Crippen LogP contribution < -0.4 is 4.72 Å². The van der Waals surface area contributed by atoms with Crippen molar-refractivity contribution in [1.29, 1.82) is 0 Å². The largest absolute Gasteiger partial charge is 0.344 e. The Balaban J connectivity index is 2.18. The molecule has 0 bridgehead atoms. The summed E-state index contributed by atoms with van der Waals surface area (Å²) in [5.41, 5.74) is 4.03. The van der Waals surface area contributed by atoms with Crippen LogP contribution in [0.25, 0.3) is 22.2 Å². The minimum atomic E-state index is -3.32. The van der Waals surface area contributed by atoms with Crippen molar-refractivity contribution in [3.63, 3.8) is 0 Å². The van der Waals surface area contributed by atoms with Crippen LogP contribution >= 0.6 is 0 Å². The summed E-state index contributed by atoms with van der Waals surface area (Å²) in [7, 11) is -3.32. The van der Waals surface area contributed by atoms with Gasteiger partial charge in [-0.2, -0.15) is 0 Å². The molecule has 0 aliphatic carbocycles. The molecule has 0 saturated heterocycles. The van der Waals surface area contributed by atoms with Gasteiger partial charge < -0.3 is 4.57 Å². The second kappa shape index (κ2) is 6.26. The maximum atomic E-state index is 11.5. The van der Waals surface area contributed by atoms with E-state index in [9.17, 15) is 8.42 Å². The molecule has 1 N–H and O–H groups in total. The fourth-order valence-corrected chi connectivity index (χ4v) is 3.35. The Morgan fingerprint density at radius 2 is 2.00 bits per heavy atom. The van der Waals surface area contributed by atoms with Crippen LogP contribution in [0.1, 0.15) is 25.5 Å². The molecule has 0 atom stereocenters. The van der Waals surface area contributed by atoms with Gasteiger partial charge in [0.05, 0.1) is 23.2 Å². The Morgan fingerprint density at radius 3 is 2.56 bits per heavy atom. The Morgan fingerprint density at radius 1 is 1.24 bits per heavy atom. The molecule has 2 heterocycles. The lowest BCUT2D eigenvalue weighted by Crippen LogP contribution is -2.09. The van der Waals surface area contributed by atoms with Gasteiger partial charge in [0.2, 0.25) is 10.0 Å². The molecule has 2 aromatic heterocycles. The van der Waals surface area contributed by atoms with Crippen molar-refractivity contribution in [1.82, 2.24) is 9.55 Å². The lowest BCUT2D eigenvalue weighted by atomic mass is 10.1. The third-order valence-electron chi connectivity index (χ3n) is 3.90. The van der Waals surface area contributed by atoms with Crippen LogP contribution in [0.2, 0.25) is 0 Å². The van der Waals surface area contributed by atoms with E-state index in [1.165, 1.54) is 0 Å². The number of sulfonamides is 1. The minimum absolute atomic E-state index is 0.217. The van der Waals surface area contributed by atoms with E-state index in [1.807, 2.05) is 30.5 Å². The summed E-state index contributed by atoms with van der Waals surface area (Å²) in [6, 6.07) is 9.49. The van der Waals surface area contributed by atoms with Crippen LogP contribution in [0, 0.1) is 12.3 Å². The number of nitrogens with zero attached hydrogens (tertiary/aromatic N) is 2. The number of benzene rings is 1. The van der Waals surface area contributed by atoms with Crippen LogP contribution in [0.5, 0.6) is 0 Å². The van der Waals surface area contributed by atoms with E-state index in [1.54, 1.807) is 12.3 Å². The Labute approximate surface area is 147 Å². The predicted molar refractivity (Wildman–Crippen MR) is 102 cm³/mol. The first kappa shape index (κ1) is 17.1. The van der Waals surface area contributed by atoms with Gasteiger partial charge >= 0.3 is 0 Å². The van der Waals surface area contributed by atoms with Crippen molar-refractivity contribution in [3.05, 3.63) is 48.3 Å². The average molecular weight is 353 g/mol. The molecule has 0 fully saturated rings. The molecule has 0 spiro atoms. The maximum absolute atomic E-state index is 11.5. The molecule has 0 radical (unpaired) electrons. The van der Waals surface area contributed by atoms with Gasteiger partial charge in [0.15, 0.2) is 0 Å². The lowest BCUT2D eigenvalue weighted by molar-refractivity contribution is 0.607. The van der Waals surface area contributed by atoms with E-state index in [4.69, 9.17) is 6.42 Å². The number of hydrogen-bond acceptors (Lipinski definition) is 3. The van der Waals surface area contributed by atoms with Crippen molar-refractivity contribution < 1.29 is 8.42 Å². The number of rotatable bonds is 4. The average Bonchev–Trinajstić information content (AvgIpc) is 2.92. The van der Waals surface area contributed by atoms with Gasteiger partial charge in [-0.1, -0.05) is 12.0 Å². The molecule has 128 valence electrons. The van der Waals surface area contributed by atoms with Crippen molar-refractivity contribution in [2.75, 3.05) is 11.0 Å². The molecule has 0 aliphatic heterocycles. The number of nitrogens with one attached hydrogen (secondary N) is 1. The monoisotopic (exact) mass is 353 g/mol. The molecule has 3 rings (SSSR count). The van der Waals surface area contributed by atoms with E-state index in [2.05, 4.69) is 34.0 Å². The van der Waals surface area contributed by atoms with Crippen LogP contribution in [0.3, 0.4) is 0 Å². The first-order chi connectivity index (χ1) is 11.8. The SMILES string of the molecule is C#Cc1ccc(-c2cn(C(C)C)c3cc(NS(C)(=O)=O)ccc23)nc1. The number of aromatic nitrogens is 2. The summed E-state index contributed by atoms with van der Waals surface area (Å²) in [4.78, 5) is 4.46. The van der Waals surface area contributed by atoms with Gasteiger partial charge in [-0.05, 0) is 38.1 Å². The van der Waals surface area contributed by atoms with Crippen LogP contribution in [-0.4, -0.2) is 24.2 Å². The number of terminal acetylenes is 1. The third kappa shape index (κ3) is 3.52. The summed E-state index contributed by atoms with van der Waals surface area (Å²) in [6.07, 6.45) is 10.2. The molecule has 6 heteroatoms. The molecule has 3 aromatic rings. The van der Waals surface area contributed by atoms with E-state index in [-0.39, 0.29) is 6.04 Å². The first-order valence-corrected chi connectivity index (χ1v) is 9.73. The zero-order chi connectivity index (χ0) is 18.2. The number of fused-ring (bicyclic) bond motifs is 1. The van der Waals surface area contributed by atoms with E-state index in [0.717, 1.165) is 34.0 Å². The quantitative estimate of drug-likeness (QED) is 0.729. The molecule has 0 saturated carbocycles. The molecule has 5 nitrogen and oxygen atoms in total. The normalized spacial score (nSPS) is 11.6. The zero-order valence-corrected chi connectivity index (χ0v) is 15.1. The lowest BCUT2D eigenvalue weighted by Gasteiger charge is -2.10. The fraction of sp³-hybridized carbons (Fsp3) is 0.211. The molecular weight excluding hydrogens is 334 g/mol. The van der Waals surface area contributed by atoms with Crippen molar-refractivity contribution in [3.8, 4) is 23.6 Å². The second-order valence-electron chi connectivity index (χ2n) is 6.23. The summed E-state index contributed by atoms with van der Waals surface area (Å²) < 4.78 is 27.6. The van der Waals surface area contributed by atoms with E-state index in [0.29, 0.717) is 5.69 Å². The molecular formula is C19H19N3O2S. The van der Waals surface area contributed by atoms with Crippen LogP contribution in [0.4, 0.5) is 5.69 Å². The van der Waals surface area contributed by atoms with E-state index < -0.39 is 10.0 Å². The van der Waals surface area contributed by atoms with Crippen molar-refractivity contribution >= 4 is 26.6 Å². The van der Waals surface area contributed by atoms with E-state index >= 15 is 0 Å². The molecule has 25 heavy (non-hydrogen) atoms. The molecule has 0 aliphatic rings. The zero-order valence-electron chi connectivity index (χ0n) is 14.3. The summed E-state index contributed by atoms with van der Waals surface area (Å²) in [5, 5.41) is 1.01. The highest BCUT2D eigenvalue weighted by Gasteiger charge is 2.14. The van der Waals surface area contributed by atoms with Crippen LogP contribution in [0.15, 0.2) is 42.7 Å². The smallest absolute Gasteiger partial charge is 0.229 e. The van der Waals surface area contributed by atoms with Gasteiger partial charge in [-0.15, -0.1) is 6.42 Å². The fourth-order valence-electron chi connectivity index (χ4n) is 2.80. The standard InChI is InChI=1S/C19H19N3O2S/c1-5-14-6-9-18(20-11-14)17-12-22(13(2)3)19-10-15(7-8-16(17)19)21-25(4,23)24/h1,6-13,21H,2-4H3. The minimum Gasteiger partial charge on any atom is -0.344 e. The summed E-state index contributed by atoms with van der Waals surface area (Å²) >= 11 is 0. The van der Waals surface area contributed by atoms with Gasteiger partial charge in [0.25, 0.3) is 0 Å². The van der Waals surface area contributed by atoms with Gasteiger partial charge in [0.1, 0.15) is 0 Å². The number of hydrogen-bond donors (Lipinski definition) is 1. The highest BCUT2D eigenvalue weighted by Crippen LogP contribution is 2.33. The van der Waals surface area contributed by atoms with Gasteiger partial charge in [-0.25, -0.2) is 8.42 Å². The Kier molecular flexibility index (Phi) is 4.27. The van der Waals surface area contributed by atoms with Crippen molar-refractivity contribution in [2.24, 2.45) is 0 Å². The predicted octanol–water partition coefficient (Wildman–Crippen LogP) is 3.64. The third-order valence-corrected chi connectivity index (χ3v) is 4.51. The number of pyridine rings is 1. The first-order valence-electron chi connectivity index (χ1n) is 7.84. The number of anilines is 1. The topological polar surface area (TPSA) is 64.0 Å². The molecule has 1 aromatic carbocycles. The highest BCUT2D eigenvalue weighted by atomic mass is 32.2. The highest BCUT2D eigenvalue weighted by molar-refractivity contribution is 7.92. The van der Waals surface area contributed by atoms with Gasteiger partial charge in [0, 0.05) is 34.9 Å². The second-order valence-corrected chi connectivity index (χ2v) is 7.97. The van der Waals surface area contributed by atoms with Crippen LogP contribution in [-0.2, 0) is 10.0 Å². The van der Waals surface area contributed by atoms with Gasteiger partial charge in [-0.3, -0.25) is 9.71 Å². The summed E-state index contributed by atoms with van der Waals surface area (Å²) in [5.74, 6) is 2.56. The molecule has 0 unspecified atom stereocenters.